The third-order valence-corrected chi connectivity index (χ3v) is 1.42. The molecule has 0 fully saturated rings. The Morgan fingerprint density at radius 1 is 1.56 bits per heavy atom. The molecule has 0 saturated carbocycles. The molecule has 0 unspecified atom stereocenters. The van der Waals surface area contributed by atoms with Crippen LogP contribution in [0.4, 0.5) is 4.39 Å². The Morgan fingerprint density at radius 2 is 2.11 bits per heavy atom. The van der Waals surface area contributed by atoms with Crippen LogP contribution in [0, 0.1) is 12.9 Å². The van der Waals surface area contributed by atoms with Gasteiger partial charge in [0.15, 0.2) is 0 Å². The first-order valence-corrected chi connectivity index (χ1v) is 3.74. The monoisotopic (exact) mass is 147 g/mol. The smallest absolute Gasteiger partial charge is 0.216 e. The van der Waals surface area contributed by atoms with Crippen LogP contribution in [0.2, 0.25) is 0 Å². The Morgan fingerprint density at radius 3 is 2.22 bits per heavy atom. The lowest BCUT2D eigenvalue weighted by molar-refractivity contribution is 0.584. The molecule has 0 amide bonds. The predicted molar refractivity (Wildman–Crippen MR) is 38.2 cm³/mol. The SMILES string of the molecule is CC.Cc1scnc1F. The summed E-state index contributed by atoms with van der Waals surface area (Å²) in [6.45, 7) is 5.70. The first-order valence-electron chi connectivity index (χ1n) is 2.86. The van der Waals surface area contributed by atoms with Crippen LogP contribution in [0.3, 0.4) is 0 Å². The molecule has 0 N–H and O–H groups in total. The molecule has 0 bridgehead atoms. The van der Waals surface area contributed by atoms with Crippen molar-refractivity contribution in [3.8, 4) is 0 Å². The third kappa shape index (κ3) is 2.56. The van der Waals surface area contributed by atoms with E-state index in [-0.39, 0.29) is 5.95 Å². The fourth-order valence-corrected chi connectivity index (χ4v) is 0.745. The van der Waals surface area contributed by atoms with Crippen molar-refractivity contribution in [2.75, 3.05) is 0 Å². The molecule has 0 aliphatic rings. The van der Waals surface area contributed by atoms with Gasteiger partial charge in [-0.3, -0.25) is 0 Å². The molecule has 0 aliphatic heterocycles. The first kappa shape index (κ1) is 8.56. The summed E-state index contributed by atoms with van der Waals surface area (Å²) in [6.07, 6.45) is 0. The Hall–Kier alpha value is -0.440. The summed E-state index contributed by atoms with van der Waals surface area (Å²) in [6, 6.07) is 0. The van der Waals surface area contributed by atoms with E-state index in [0.717, 1.165) is 0 Å². The maximum atomic E-state index is 12.0. The standard InChI is InChI=1S/C4H4FNS.C2H6/c1-3-4(5)6-2-7-3;1-2/h2H,1H3;1-2H3. The van der Waals surface area contributed by atoms with Crippen LogP contribution >= 0.6 is 11.3 Å². The molecule has 0 saturated heterocycles. The number of rotatable bonds is 0. The van der Waals surface area contributed by atoms with Crippen molar-refractivity contribution in [1.82, 2.24) is 4.98 Å². The van der Waals surface area contributed by atoms with Gasteiger partial charge in [-0.25, -0.2) is 4.98 Å². The lowest BCUT2D eigenvalue weighted by atomic mass is 10.6. The number of nitrogens with zero attached hydrogens (tertiary/aromatic N) is 1. The molecule has 1 aromatic rings. The van der Waals surface area contributed by atoms with Crippen molar-refractivity contribution in [3.63, 3.8) is 0 Å². The lowest BCUT2D eigenvalue weighted by Gasteiger charge is -1.72. The van der Waals surface area contributed by atoms with Crippen LogP contribution in [0.15, 0.2) is 5.51 Å². The van der Waals surface area contributed by atoms with Crippen molar-refractivity contribution in [2.24, 2.45) is 0 Å². The molecule has 1 heterocycles. The van der Waals surface area contributed by atoms with E-state index in [9.17, 15) is 4.39 Å². The summed E-state index contributed by atoms with van der Waals surface area (Å²) in [4.78, 5) is 4.02. The minimum Gasteiger partial charge on any atom is -0.216 e. The molecule has 9 heavy (non-hydrogen) atoms. The van der Waals surface area contributed by atoms with Crippen LogP contribution < -0.4 is 0 Å². The van der Waals surface area contributed by atoms with Crippen LogP contribution in [0.1, 0.15) is 18.7 Å². The van der Waals surface area contributed by atoms with Crippen LogP contribution in [0.25, 0.3) is 0 Å². The van der Waals surface area contributed by atoms with E-state index >= 15 is 0 Å². The van der Waals surface area contributed by atoms with Crippen LogP contribution in [-0.4, -0.2) is 4.98 Å². The maximum Gasteiger partial charge on any atom is 0.226 e. The van der Waals surface area contributed by atoms with Gasteiger partial charge >= 0.3 is 0 Å². The van der Waals surface area contributed by atoms with Crippen molar-refractivity contribution in [3.05, 3.63) is 16.3 Å². The van der Waals surface area contributed by atoms with Crippen LogP contribution in [0.5, 0.6) is 0 Å². The minimum atomic E-state index is -0.343. The largest absolute Gasteiger partial charge is 0.226 e. The molecule has 1 rings (SSSR count). The highest BCUT2D eigenvalue weighted by atomic mass is 32.1. The second kappa shape index (κ2) is 4.44. The summed E-state index contributed by atoms with van der Waals surface area (Å²) in [5.74, 6) is -0.343. The van der Waals surface area contributed by atoms with E-state index in [1.807, 2.05) is 13.8 Å². The molecule has 1 aromatic heterocycles. The molecular weight excluding hydrogens is 137 g/mol. The van der Waals surface area contributed by atoms with Crippen LogP contribution in [-0.2, 0) is 0 Å². The van der Waals surface area contributed by atoms with Crippen molar-refractivity contribution >= 4 is 11.3 Å². The zero-order chi connectivity index (χ0) is 7.28. The zero-order valence-electron chi connectivity index (χ0n) is 5.81. The quantitative estimate of drug-likeness (QED) is 0.549. The number of aryl methyl sites for hydroxylation is 1. The highest BCUT2D eigenvalue weighted by molar-refractivity contribution is 7.09. The second-order valence-electron chi connectivity index (χ2n) is 1.20. The first-order chi connectivity index (χ1) is 4.30. The molecule has 0 atom stereocenters. The Labute approximate surface area is 58.6 Å². The van der Waals surface area contributed by atoms with Crippen molar-refractivity contribution < 1.29 is 4.39 Å². The molecule has 3 heteroatoms. The normalized spacial score (nSPS) is 8.00. The van der Waals surface area contributed by atoms with E-state index < -0.39 is 0 Å². The average molecular weight is 147 g/mol. The highest BCUT2D eigenvalue weighted by Gasteiger charge is 1.94. The number of aromatic nitrogens is 1. The van der Waals surface area contributed by atoms with Gasteiger partial charge in [0.25, 0.3) is 0 Å². The number of halogens is 1. The van der Waals surface area contributed by atoms with E-state index in [4.69, 9.17) is 0 Å². The molecule has 0 radical (unpaired) electrons. The number of thiazole rings is 1. The predicted octanol–water partition coefficient (Wildman–Crippen LogP) is 2.62. The third-order valence-electron chi connectivity index (χ3n) is 0.686. The maximum absolute atomic E-state index is 12.0. The molecule has 0 aliphatic carbocycles. The summed E-state index contributed by atoms with van der Waals surface area (Å²) >= 11 is 1.32. The van der Waals surface area contributed by atoms with Crippen molar-refractivity contribution in [1.29, 1.82) is 0 Å². The molecule has 1 nitrogen and oxygen atoms in total. The molecular formula is C6H10FNS. The summed E-state index contributed by atoms with van der Waals surface area (Å²) in [5.41, 5.74) is 1.49. The molecule has 0 spiro atoms. The van der Waals surface area contributed by atoms with Gasteiger partial charge in [0, 0.05) is 0 Å². The van der Waals surface area contributed by atoms with Crippen molar-refractivity contribution in [2.45, 2.75) is 20.8 Å². The lowest BCUT2D eigenvalue weighted by Crippen LogP contribution is -1.70. The van der Waals surface area contributed by atoms with E-state index in [0.29, 0.717) is 4.88 Å². The number of hydrogen-bond acceptors (Lipinski definition) is 2. The van der Waals surface area contributed by atoms with Gasteiger partial charge in [-0.15, -0.1) is 11.3 Å². The second-order valence-corrected chi connectivity index (χ2v) is 2.26. The van der Waals surface area contributed by atoms with E-state index in [2.05, 4.69) is 4.98 Å². The summed E-state index contributed by atoms with van der Waals surface area (Å²) in [5, 5.41) is 0. The van der Waals surface area contributed by atoms with Gasteiger partial charge in [0.05, 0.1) is 10.4 Å². The van der Waals surface area contributed by atoms with Gasteiger partial charge in [-0.2, -0.15) is 4.39 Å². The fourth-order valence-electron chi connectivity index (χ4n) is 0.291. The van der Waals surface area contributed by atoms with Gasteiger partial charge < -0.3 is 0 Å². The Bertz CT molecular complexity index is 145. The van der Waals surface area contributed by atoms with Gasteiger partial charge in [-0.05, 0) is 6.92 Å². The molecule has 52 valence electrons. The van der Waals surface area contributed by atoms with Gasteiger partial charge in [-0.1, -0.05) is 13.8 Å². The van der Waals surface area contributed by atoms with E-state index in [1.54, 1.807) is 6.92 Å². The topological polar surface area (TPSA) is 12.9 Å². The number of hydrogen-bond donors (Lipinski definition) is 0. The minimum absolute atomic E-state index is 0.343. The Balaban J connectivity index is 0.000000291. The van der Waals surface area contributed by atoms with Gasteiger partial charge in [0.2, 0.25) is 5.95 Å². The van der Waals surface area contributed by atoms with Gasteiger partial charge in [0.1, 0.15) is 0 Å². The zero-order valence-corrected chi connectivity index (χ0v) is 6.63. The summed E-state index contributed by atoms with van der Waals surface area (Å²) in [7, 11) is 0. The average Bonchev–Trinajstić information content (AvgIpc) is 2.23. The highest BCUT2D eigenvalue weighted by Crippen LogP contribution is 2.07. The summed E-state index contributed by atoms with van der Waals surface area (Å²) < 4.78 is 12.0. The van der Waals surface area contributed by atoms with E-state index in [1.165, 1.54) is 16.8 Å². The molecule has 0 aromatic carbocycles. The Kier molecular flexibility index (Phi) is 4.22. The fraction of sp³-hybridized carbons (Fsp3) is 0.500.